The van der Waals surface area contributed by atoms with Gasteiger partial charge in [0.1, 0.15) is 17.8 Å². The number of nitrogen functional groups attached to an aromatic ring is 1. The topological polar surface area (TPSA) is 64.3 Å². The lowest BCUT2D eigenvalue weighted by atomic mass is 10.0. The second-order valence-electron chi connectivity index (χ2n) is 5.52. The van der Waals surface area contributed by atoms with Crippen molar-refractivity contribution in [1.29, 1.82) is 0 Å². The van der Waals surface area contributed by atoms with Crippen LogP contribution in [0.15, 0.2) is 36.7 Å². The number of hydrogen-bond donors (Lipinski definition) is 1. The van der Waals surface area contributed by atoms with Crippen LogP contribution >= 0.6 is 0 Å². The highest BCUT2D eigenvalue weighted by Crippen LogP contribution is 2.33. The standard InChI is InChI=1S/C16H20N4O/c1-12-6-5-9-20(10-12)15-14(17)16(19-11-18-15)21-13-7-3-2-4-8-13/h2-4,7-8,11-12H,5-6,9-10,17H2,1H3. The van der Waals surface area contributed by atoms with Crippen LogP contribution in [-0.4, -0.2) is 23.1 Å². The van der Waals surface area contributed by atoms with E-state index >= 15 is 0 Å². The van der Waals surface area contributed by atoms with Crippen LogP contribution in [0.3, 0.4) is 0 Å². The summed E-state index contributed by atoms with van der Waals surface area (Å²) in [6, 6.07) is 9.53. The molecule has 0 bridgehead atoms. The van der Waals surface area contributed by atoms with Gasteiger partial charge in [0, 0.05) is 13.1 Å². The minimum atomic E-state index is 0.421. The van der Waals surface area contributed by atoms with Crippen molar-refractivity contribution in [2.24, 2.45) is 5.92 Å². The molecule has 1 saturated heterocycles. The fourth-order valence-electron chi connectivity index (χ4n) is 2.69. The number of hydrogen-bond acceptors (Lipinski definition) is 5. The monoisotopic (exact) mass is 284 g/mol. The van der Waals surface area contributed by atoms with Crippen LogP contribution in [0.4, 0.5) is 11.5 Å². The smallest absolute Gasteiger partial charge is 0.248 e. The lowest BCUT2D eigenvalue weighted by Crippen LogP contribution is -2.35. The van der Waals surface area contributed by atoms with Crippen molar-refractivity contribution in [3.8, 4) is 11.6 Å². The fourth-order valence-corrected chi connectivity index (χ4v) is 2.69. The van der Waals surface area contributed by atoms with Crippen LogP contribution in [0, 0.1) is 5.92 Å². The summed E-state index contributed by atoms with van der Waals surface area (Å²) < 4.78 is 5.76. The van der Waals surface area contributed by atoms with Gasteiger partial charge in [-0.3, -0.25) is 0 Å². The van der Waals surface area contributed by atoms with E-state index in [-0.39, 0.29) is 0 Å². The Hall–Kier alpha value is -2.30. The molecule has 0 amide bonds. The summed E-state index contributed by atoms with van der Waals surface area (Å²) in [5, 5.41) is 0. The van der Waals surface area contributed by atoms with Gasteiger partial charge in [-0.1, -0.05) is 25.1 Å². The highest BCUT2D eigenvalue weighted by molar-refractivity contribution is 5.68. The molecule has 1 fully saturated rings. The summed E-state index contributed by atoms with van der Waals surface area (Å²) in [6.07, 6.45) is 3.94. The Kier molecular flexibility index (Phi) is 3.90. The number of rotatable bonds is 3. The molecule has 2 heterocycles. The van der Waals surface area contributed by atoms with Crippen LogP contribution in [0.1, 0.15) is 19.8 Å². The minimum Gasteiger partial charge on any atom is -0.437 e. The zero-order chi connectivity index (χ0) is 14.7. The second kappa shape index (κ2) is 5.99. The van der Waals surface area contributed by atoms with E-state index in [9.17, 15) is 0 Å². The lowest BCUT2D eigenvalue weighted by molar-refractivity contribution is 0.441. The van der Waals surface area contributed by atoms with Gasteiger partial charge in [0.25, 0.3) is 0 Å². The largest absolute Gasteiger partial charge is 0.437 e. The van der Waals surface area contributed by atoms with Crippen molar-refractivity contribution in [2.75, 3.05) is 23.7 Å². The summed E-state index contributed by atoms with van der Waals surface area (Å²) >= 11 is 0. The fraction of sp³-hybridized carbons (Fsp3) is 0.375. The van der Waals surface area contributed by atoms with Gasteiger partial charge in [-0.2, -0.15) is 4.98 Å². The minimum absolute atomic E-state index is 0.421. The van der Waals surface area contributed by atoms with Crippen LogP contribution in [-0.2, 0) is 0 Å². The molecule has 3 rings (SSSR count). The Morgan fingerprint density at radius 2 is 2.05 bits per heavy atom. The van der Waals surface area contributed by atoms with Crippen molar-refractivity contribution >= 4 is 11.5 Å². The van der Waals surface area contributed by atoms with Crippen molar-refractivity contribution in [1.82, 2.24) is 9.97 Å². The first kappa shape index (κ1) is 13.7. The Morgan fingerprint density at radius 1 is 1.24 bits per heavy atom. The zero-order valence-corrected chi connectivity index (χ0v) is 12.2. The van der Waals surface area contributed by atoms with Gasteiger partial charge >= 0.3 is 0 Å². The molecule has 1 unspecified atom stereocenters. The van der Waals surface area contributed by atoms with Crippen LogP contribution < -0.4 is 15.4 Å². The average Bonchev–Trinajstić information content (AvgIpc) is 2.50. The summed E-state index contributed by atoms with van der Waals surface area (Å²) in [6.45, 7) is 4.22. The molecule has 2 N–H and O–H groups in total. The molecular formula is C16H20N4O. The first-order valence-electron chi connectivity index (χ1n) is 7.32. The van der Waals surface area contributed by atoms with Gasteiger partial charge in [0.15, 0.2) is 5.82 Å². The molecule has 21 heavy (non-hydrogen) atoms. The first-order chi connectivity index (χ1) is 10.2. The number of para-hydroxylation sites is 1. The molecule has 1 atom stereocenters. The second-order valence-corrected chi connectivity index (χ2v) is 5.52. The van der Waals surface area contributed by atoms with E-state index in [1.807, 2.05) is 30.3 Å². The van der Waals surface area contributed by atoms with E-state index < -0.39 is 0 Å². The summed E-state index contributed by atoms with van der Waals surface area (Å²) in [4.78, 5) is 10.7. The van der Waals surface area contributed by atoms with Crippen LogP contribution in [0.2, 0.25) is 0 Å². The molecule has 0 spiro atoms. The third kappa shape index (κ3) is 3.07. The van der Waals surface area contributed by atoms with Gasteiger partial charge in [-0.25, -0.2) is 4.98 Å². The third-order valence-electron chi connectivity index (χ3n) is 3.74. The number of nitrogens with zero attached hydrogens (tertiary/aromatic N) is 3. The molecule has 1 aromatic carbocycles. The van der Waals surface area contributed by atoms with Gasteiger partial charge in [0.05, 0.1) is 0 Å². The quantitative estimate of drug-likeness (QED) is 0.938. The van der Waals surface area contributed by atoms with E-state index in [4.69, 9.17) is 10.5 Å². The number of benzene rings is 1. The maximum atomic E-state index is 6.22. The zero-order valence-electron chi connectivity index (χ0n) is 12.2. The van der Waals surface area contributed by atoms with E-state index in [1.54, 1.807) is 0 Å². The van der Waals surface area contributed by atoms with E-state index in [0.717, 1.165) is 24.7 Å². The van der Waals surface area contributed by atoms with E-state index in [0.29, 0.717) is 17.5 Å². The maximum absolute atomic E-state index is 6.22. The van der Waals surface area contributed by atoms with Gasteiger partial charge in [-0.15, -0.1) is 0 Å². The molecule has 0 saturated carbocycles. The van der Waals surface area contributed by atoms with Crippen molar-refractivity contribution in [3.63, 3.8) is 0 Å². The Labute approximate surface area is 124 Å². The summed E-state index contributed by atoms with van der Waals surface area (Å²) in [5.41, 5.74) is 6.73. The van der Waals surface area contributed by atoms with Gasteiger partial charge in [-0.05, 0) is 30.9 Å². The molecule has 5 nitrogen and oxygen atoms in total. The molecule has 0 radical (unpaired) electrons. The van der Waals surface area contributed by atoms with Crippen LogP contribution in [0.25, 0.3) is 0 Å². The SMILES string of the molecule is CC1CCCN(c2ncnc(Oc3ccccc3)c2N)C1. The van der Waals surface area contributed by atoms with Crippen molar-refractivity contribution in [2.45, 2.75) is 19.8 Å². The predicted octanol–water partition coefficient (Wildman–Crippen LogP) is 3.09. The molecule has 5 heteroatoms. The number of nitrogens with two attached hydrogens (primary N) is 1. The number of aromatic nitrogens is 2. The van der Waals surface area contributed by atoms with Crippen LogP contribution in [0.5, 0.6) is 11.6 Å². The van der Waals surface area contributed by atoms with E-state index in [2.05, 4.69) is 21.8 Å². The summed E-state index contributed by atoms with van der Waals surface area (Å²) in [7, 11) is 0. The Balaban J connectivity index is 1.85. The molecule has 1 aliphatic rings. The predicted molar refractivity (Wildman–Crippen MR) is 83.6 cm³/mol. The van der Waals surface area contributed by atoms with Gasteiger partial charge in [0.2, 0.25) is 5.88 Å². The molecule has 1 aromatic heterocycles. The molecular weight excluding hydrogens is 264 g/mol. The van der Waals surface area contributed by atoms with Gasteiger partial charge < -0.3 is 15.4 Å². The lowest BCUT2D eigenvalue weighted by Gasteiger charge is -2.32. The Morgan fingerprint density at radius 3 is 2.81 bits per heavy atom. The van der Waals surface area contributed by atoms with Crippen molar-refractivity contribution < 1.29 is 4.74 Å². The Bertz CT molecular complexity index is 602. The van der Waals surface area contributed by atoms with Crippen molar-refractivity contribution in [3.05, 3.63) is 36.7 Å². The maximum Gasteiger partial charge on any atom is 0.248 e. The molecule has 110 valence electrons. The van der Waals surface area contributed by atoms with E-state index in [1.165, 1.54) is 19.2 Å². The molecule has 0 aliphatic carbocycles. The molecule has 2 aromatic rings. The normalized spacial score (nSPS) is 18.5. The highest BCUT2D eigenvalue weighted by atomic mass is 16.5. The number of piperidine rings is 1. The highest BCUT2D eigenvalue weighted by Gasteiger charge is 2.21. The number of ether oxygens (including phenoxy) is 1. The average molecular weight is 284 g/mol. The number of anilines is 2. The molecule has 1 aliphatic heterocycles. The first-order valence-corrected chi connectivity index (χ1v) is 7.32. The third-order valence-corrected chi connectivity index (χ3v) is 3.74. The summed E-state index contributed by atoms with van der Waals surface area (Å²) in [5.74, 6) is 2.58.